The summed E-state index contributed by atoms with van der Waals surface area (Å²) in [5.74, 6) is 0. The van der Waals surface area contributed by atoms with Crippen LogP contribution < -0.4 is 9.21 Å². The summed E-state index contributed by atoms with van der Waals surface area (Å²) >= 11 is 0. The second-order valence-corrected chi connectivity index (χ2v) is 9.16. The Morgan fingerprint density at radius 1 is 1.07 bits per heavy atom. The first-order valence-corrected chi connectivity index (χ1v) is 11.2. The van der Waals surface area contributed by atoms with E-state index in [1.54, 1.807) is 18.2 Å². The molecular formula is C20H26N3O5S+. The molecule has 2 N–H and O–H groups in total. The first-order valence-electron chi connectivity index (χ1n) is 9.72. The molecule has 2 aromatic carbocycles. The third-order valence-electron chi connectivity index (χ3n) is 5.12. The van der Waals surface area contributed by atoms with Crippen molar-refractivity contribution in [3.8, 4) is 0 Å². The van der Waals surface area contributed by atoms with E-state index in [0.29, 0.717) is 6.54 Å². The maximum absolute atomic E-state index is 13.3. The summed E-state index contributed by atoms with van der Waals surface area (Å²) < 4.78 is 27.6. The highest BCUT2D eigenvalue weighted by atomic mass is 32.2. The minimum atomic E-state index is -3.99. The molecule has 0 bridgehead atoms. The Labute approximate surface area is 170 Å². The van der Waals surface area contributed by atoms with Crippen LogP contribution in [0.1, 0.15) is 19.3 Å². The van der Waals surface area contributed by atoms with Gasteiger partial charge in [0.05, 0.1) is 35.1 Å². The van der Waals surface area contributed by atoms with Crippen molar-refractivity contribution in [2.24, 2.45) is 0 Å². The zero-order valence-corrected chi connectivity index (χ0v) is 16.9. The molecule has 0 amide bonds. The summed E-state index contributed by atoms with van der Waals surface area (Å²) in [6.45, 7) is 2.19. The van der Waals surface area contributed by atoms with E-state index in [1.165, 1.54) is 47.7 Å². The Morgan fingerprint density at radius 3 is 2.41 bits per heavy atom. The molecule has 0 unspecified atom stereocenters. The van der Waals surface area contributed by atoms with Crippen molar-refractivity contribution in [3.05, 3.63) is 64.7 Å². The molecule has 0 aromatic heterocycles. The highest BCUT2D eigenvalue weighted by molar-refractivity contribution is 7.92. The fourth-order valence-electron chi connectivity index (χ4n) is 3.67. The number of quaternary nitrogens is 1. The highest BCUT2D eigenvalue weighted by Gasteiger charge is 2.29. The van der Waals surface area contributed by atoms with Crippen molar-refractivity contribution in [3.63, 3.8) is 0 Å². The van der Waals surface area contributed by atoms with E-state index >= 15 is 0 Å². The summed E-state index contributed by atoms with van der Waals surface area (Å²) in [4.78, 5) is 11.9. The molecule has 1 aliphatic heterocycles. The zero-order chi connectivity index (χ0) is 20.9. The Bertz CT molecular complexity index is 930. The van der Waals surface area contributed by atoms with Gasteiger partial charge >= 0.3 is 0 Å². The first kappa shape index (κ1) is 21.2. The third-order valence-corrected chi connectivity index (χ3v) is 6.93. The Hall–Kier alpha value is -2.49. The topological polar surface area (TPSA) is 105 Å². The van der Waals surface area contributed by atoms with Gasteiger partial charge in [0, 0.05) is 12.1 Å². The minimum absolute atomic E-state index is 0.0732. The molecule has 0 spiro atoms. The zero-order valence-electron chi connectivity index (χ0n) is 16.1. The number of sulfonamides is 1. The highest BCUT2D eigenvalue weighted by Crippen LogP contribution is 2.27. The Morgan fingerprint density at radius 2 is 1.76 bits per heavy atom. The third kappa shape index (κ3) is 5.31. The van der Waals surface area contributed by atoms with E-state index < -0.39 is 21.1 Å². The number of rotatable bonds is 8. The van der Waals surface area contributed by atoms with Gasteiger partial charge in [0.1, 0.15) is 12.6 Å². The number of nitro benzene ring substituents is 1. The molecule has 0 saturated carbocycles. The molecular weight excluding hydrogens is 394 g/mol. The van der Waals surface area contributed by atoms with Crippen molar-refractivity contribution in [1.29, 1.82) is 0 Å². The molecule has 8 nitrogen and oxygen atoms in total. The number of hydrogen-bond donors (Lipinski definition) is 2. The van der Waals surface area contributed by atoms with Crippen LogP contribution in [-0.4, -0.2) is 50.7 Å². The maximum Gasteiger partial charge on any atom is 0.271 e. The summed E-state index contributed by atoms with van der Waals surface area (Å²) in [5.41, 5.74) is -0.0392. The fourth-order valence-corrected chi connectivity index (χ4v) is 5.18. The van der Waals surface area contributed by atoms with Gasteiger partial charge in [-0.25, -0.2) is 8.42 Å². The van der Waals surface area contributed by atoms with Crippen LogP contribution in [0.5, 0.6) is 0 Å². The number of non-ortho nitro benzene ring substituents is 1. The number of benzene rings is 2. The number of aliphatic hydroxyl groups excluding tert-OH is 1. The van der Waals surface area contributed by atoms with E-state index in [1.807, 2.05) is 0 Å². The van der Waals surface area contributed by atoms with Crippen LogP contribution in [0.3, 0.4) is 0 Å². The largest absolute Gasteiger partial charge is 0.385 e. The van der Waals surface area contributed by atoms with Crippen molar-refractivity contribution in [2.75, 3.05) is 30.5 Å². The molecule has 1 fully saturated rings. The van der Waals surface area contributed by atoms with E-state index in [-0.39, 0.29) is 22.8 Å². The van der Waals surface area contributed by atoms with Crippen LogP contribution in [0.15, 0.2) is 59.5 Å². The quantitative estimate of drug-likeness (QED) is 0.494. The van der Waals surface area contributed by atoms with Crippen molar-refractivity contribution in [1.82, 2.24) is 0 Å². The number of piperidine rings is 1. The molecule has 1 saturated heterocycles. The number of nitrogens with zero attached hydrogens (tertiary/aromatic N) is 2. The minimum Gasteiger partial charge on any atom is -0.385 e. The van der Waals surface area contributed by atoms with Gasteiger partial charge in [-0.05, 0) is 37.5 Å². The monoisotopic (exact) mass is 420 g/mol. The van der Waals surface area contributed by atoms with E-state index in [2.05, 4.69) is 0 Å². The summed E-state index contributed by atoms with van der Waals surface area (Å²) in [7, 11) is -3.99. The second kappa shape index (κ2) is 9.34. The SMILES string of the molecule is O=[N+]([O-])c1cccc(N(C[C@H](O)C[NH+]2CCCCC2)S(=O)(=O)c2ccccc2)c1. The standard InChI is InChI=1S/C20H25N3O5S/c24-19(15-21-12-5-2-6-13-21)16-22(17-8-7-9-18(14-17)23(25)26)29(27,28)20-10-3-1-4-11-20/h1,3-4,7-11,14,19,24H,2,5-6,12-13,15-16H2/p+1/t19-/m1/s1. The smallest absolute Gasteiger partial charge is 0.271 e. The summed E-state index contributed by atoms with van der Waals surface area (Å²) in [6, 6.07) is 13.4. The first-order chi connectivity index (χ1) is 13.9. The van der Waals surface area contributed by atoms with Crippen molar-refractivity contribution >= 4 is 21.4 Å². The van der Waals surface area contributed by atoms with Crippen LogP contribution >= 0.6 is 0 Å². The van der Waals surface area contributed by atoms with Gasteiger partial charge in [0.2, 0.25) is 0 Å². The number of anilines is 1. The average Bonchev–Trinajstić information content (AvgIpc) is 2.73. The molecule has 3 rings (SSSR count). The predicted octanol–water partition coefficient (Wildman–Crippen LogP) is 1.22. The van der Waals surface area contributed by atoms with Crippen LogP contribution in [0.4, 0.5) is 11.4 Å². The molecule has 9 heteroatoms. The lowest BCUT2D eigenvalue weighted by Gasteiger charge is -2.30. The van der Waals surface area contributed by atoms with Gasteiger partial charge in [-0.15, -0.1) is 0 Å². The van der Waals surface area contributed by atoms with E-state index in [0.717, 1.165) is 30.2 Å². The molecule has 1 heterocycles. The Kier molecular flexibility index (Phi) is 6.83. The normalized spacial score (nSPS) is 16.3. The molecule has 0 aliphatic carbocycles. The lowest BCUT2D eigenvalue weighted by atomic mass is 10.1. The van der Waals surface area contributed by atoms with E-state index in [9.17, 15) is 23.6 Å². The van der Waals surface area contributed by atoms with Gasteiger partial charge in [-0.3, -0.25) is 14.4 Å². The van der Waals surface area contributed by atoms with Gasteiger partial charge in [0.25, 0.3) is 15.7 Å². The van der Waals surface area contributed by atoms with Crippen LogP contribution in [-0.2, 0) is 10.0 Å². The van der Waals surface area contributed by atoms with Gasteiger partial charge < -0.3 is 10.0 Å². The predicted molar refractivity (Wildman–Crippen MR) is 109 cm³/mol. The number of nitro groups is 1. The molecule has 1 aliphatic rings. The lowest BCUT2D eigenvalue weighted by Crippen LogP contribution is -3.14. The maximum atomic E-state index is 13.3. The molecule has 2 aromatic rings. The number of nitrogens with one attached hydrogen (secondary N) is 1. The van der Waals surface area contributed by atoms with Gasteiger partial charge in [-0.2, -0.15) is 0 Å². The van der Waals surface area contributed by atoms with Crippen LogP contribution in [0, 0.1) is 10.1 Å². The summed E-state index contributed by atoms with van der Waals surface area (Å²) in [5, 5.41) is 21.8. The van der Waals surface area contributed by atoms with E-state index in [4.69, 9.17) is 0 Å². The van der Waals surface area contributed by atoms with Crippen LogP contribution in [0.25, 0.3) is 0 Å². The Balaban J connectivity index is 1.91. The fraction of sp³-hybridized carbons (Fsp3) is 0.400. The van der Waals surface area contributed by atoms with Gasteiger partial charge in [-0.1, -0.05) is 24.3 Å². The number of likely N-dealkylation sites (tertiary alicyclic amines) is 1. The summed E-state index contributed by atoms with van der Waals surface area (Å²) in [6.07, 6.45) is 2.49. The number of aliphatic hydroxyl groups is 1. The van der Waals surface area contributed by atoms with Crippen molar-refractivity contribution in [2.45, 2.75) is 30.3 Å². The average molecular weight is 421 g/mol. The molecule has 156 valence electrons. The van der Waals surface area contributed by atoms with Gasteiger partial charge in [0.15, 0.2) is 0 Å². The molecule has 29 heavy (non-hydrogen) atoms. The molecule has 1 atom stereocenters. The number of hydrogen-bond acceptors (Lipinski definition) is 5. The molecule has 0 radical (unpaired) electrons. The van der Waals surface area contributed by atoms with Crippen LogP contribution in [0.2, 0.25) is 0 Å². The van der Waals surface area contributed by atoms with Crippen molar-refractivity contribution < 1.29 is 23.3 Å². The lowest BCUT2D eigenvalue weighted by molar-refractivity contribution is -0.907. The second-order valence-electron chi connectivity index (χ2n) is 7.29.